The van der Waals surface area contributed by atoms with Crippen molar-refractivity contribution in [1.82, 2.24) is 14.7 Å². The van der Waals surface area contributed by atoms with Crippen LogP contribution >= 0.6 is 11.6 Å². The second-order valence-corrected chi connectivity index (χ2v) is 8.72. The van der Waals surface area contributed by atoms with Crippen LogP contribution in [0.15, 0.2) is 47.5 Å². The van der Waals surface area contributed by atoms with Gasteiger partial charge in [0.15, 0.2) is 12.2 Å². The van der Waals surface area contributed by atoms with Crippen molar-refractivity contribution in [3.63, 3.8) is 0 Å². The Morgan fingerprint density at radius 1 is 1.06 bits per heavy atom. The summed E-state index contributed by atoms with van der Waals surface area (Å²) in [4.78, 5) is 38.3. The van der Waals surface area contributed by atoms with Crippen molar-refractivity contribution in [2.24, 2.45) is 4.99 Å². The van der Waals surface area contributed by atoms with Gasteiger partial charge >= 0.3 is 6.03 Å². The SMILES string of the molecule is Cc1ccc(N2CCN3C2=NC2C3C(=O)N(Cc3ccccc3Cl)C(=O)N2C)cc1C. The zero-order chi connectivity index (χ0) is 21.9. The molecule has 2 fully saturated rings. The number of halogens is 1. The second-order valence-electron chi connectivity index (χ2n) is 8.31. The van der Waals surface area contributed by atoms with Gasteiger partial charge in [-0.1, -0.05) is 35.9 Å². The molecule has 5 rings (SSSR count). The molecule has 0 N–H and O–H groups in total. The van der Waals surface area contributed by atoms with E-state index in [0.29, 0.717) is 11.6 Å². The van der Waals surface area contributed by atoms with Crippen molar-refractivity contribution >= 4 is 35.2 Å². The predicted molar refractivity (Wildman–Crippen MR) is 120 cm³/mol. The fourth-order valence-electron chi connectivity index (χ4n) is 4.52. The zero-order valence-electron chi connectivity index (χ0n) is 17.7. The van der Waals surface area contributed by atoms with Crippen molar-refractivity contribution in [2.75, 3.05) is 25.0 Å². The van der Waals surface area contributed by atoms with Crippen molar-refractivity contribution in [3.05, 3.63) is 64.2 Å². The smallest absolute Gasteiger partial charge is 0.325 e. The number of anilines is 1. The monoisotopic (exact) mass is 437 g/mol. The van der Waals surface area contributed by atoms with Crippen LogP contribution in [0.2, 0.25) is 5.02 Å². The molecular weight excluding hydrogens is 414 g/mol. The lowest BCUT2D eigenvalue weighted by molar-refractivity contribution is -0.137. The van der Waals surface area contributed by atoms with Gasteiger partial charge in [-0.2, -0.15) is 0 Å². The molecule has 2 aromatic carbocycles. The van der Waals surface area contributed by atoms with E-state index >= 15 is 0 Å². The van der Waals surface area contributed by atoms with Crippen LogP contribution in [-0.2, 0) is 11.3 Å². The summed E-state index contributed by atoms with van der Waals surface area (Å²) in [6.07, 6.45) is -0.521. The molecule has 160 valence electrons. The summed E-state index contributed by atoms with van der Waals surface area (Å²) in [5.74, 6) is 0.527. The molecule has 0 aliphatic carbocycles. The summed E-state index contributed by atoms with van der Waals surface area (Å²) in [5, 5.41) is 0.540. The number of rotatable bonds is 3. The summed E-state index contributed by atoms with van der Waals surface area (Å²) in [5.41, 5.74) is 4.24. The number of benzene rings is 2. The van der Waals surface area contributed by atoms with Crippen LogP contribution in [0.4, 0.5) is 10.5 Å². The quantitative estimate of drug-likeness (QED) is 0.739. The Kier molecular flexibility index (Phi) is 4.66. The molecule has 2 atom stereocenters. The van der Waals surface area contributed by atoms with Gasteiger partial charge in [-0.3, -0.25) is 9.69 Å². The Hall–Kier alpha value is -3.06. The molecular formula is C23H24ClN5O2. The van der Waals surface area contributed by atoms with Crippen molar-refractivity contribution in [1.29, 1.82) is 0 Å². The summed E-state index contributed by atoms with van der Waals surface area (Å²) >= 11 is 6.28. The first-order valence-electron chi connectivity index (χ1n) is 10.4. The third-order valence-electron chi connectivity index (χ3n) is 6.47. The molecule has 3 aliphatic heterocycles. The Morgan fingerprint density at radius 3 is 2.58 bits per heavy atom. The minimum Gasteiger partial charge on any atom is -0.325 e. The standard InChI is InChI=1S/C23H24ClN5O2/c1-14-8-9-17(12-15(14)2)27-10-11-28-19-20(25-22(27)28)26(3)23(31)29(21(19)30)13-16-6-4-5-7-18(16)24/h4-9,12,19-20H,10-11,13H2,1-3H3. The maximum absolute atomic E-state index is 13.5. The molecule has 0 spiro atoms. The molecule has 31 heavy (non-hydrogen) atoms. The number of guanidine groups is 1. The van der Waals surface area contributed by atoms with E-state index in [1.165, 1.54) is 16.0 Å². The molecule has 2 saturated heterocycles. The number of hydrogen-bond acceptors (Lipinski definition) is 5. The summed E-state index contributed by atoms with van der Waals surface area (Å²) in [6, 6.07) is 12.7. The molecule has 3 aliphatic rings. The lowest BCUT2D eigenvalue weighted by Crippen LogP contribution is -2.64. The van der Waals surface area contributed by atoms with Crippen LogP contribution < -0.4 is 4.90 Å². The first kappa shape index (κ1) is 19.9. The Labute approximate surface area is 186 Å². The van der Waals surface area contributed by atoms with E-state index in [1.807, 2.05) is 23.1 Å². The van der Waals surface area contributed by atoms with Crippen molar-refractivity contribution in [3.8, 4) is 0 Å². The summed E-state index contributed by atoms with van der Waals surface area (Å²) in [6.45, 7) is 5.75. The number of aryl methyl sites for hydroxylation is 2. The molecule has 0 aromatic heterocycles. The number of likely N-dealkylation sites (N-methyl/N-ethyl adjacent to an activating group) is 1. The van der Waals surface area contributed by atoms with Gasteiger partial charge in [-0.05, 0) is 48.7 Å². The largest absolute Gasteiger partial charge is 0.328 e. The van der Waals surface area contributed by atoms with Crippen LogP contribution in [0.5, 0.6) is 0 Å². The van der Waals surface area contributed by atoms with E-state index in [-0.39, 0.29) is 18.5 Å². The van der Waals surface area contributed by atoms with Gasteiger partial charge in [-0.25, -0.2) is 9.79 Å². The highest BCUT2D eigenvalue weighted by molar-refractivity contribution is 6.31. The maximum atomic E-state index is 13.5. The average Bonchev–Trinajstić information content (AvgIpc) is 3.32. The number of amides is 3. The number of imide groups is 1. The fraction of sp³-hybridized carbons (Fsp3) is 0.348. The third kappa shape index (κ3) is 3.07. The van der Waals surface area contributed by atoms with E-state index < -0.39 is 12.2 Å². The van der Waals surface area contributed by atoms with Crippen molar-refractivity contribution < 1.29 is 9.59 Å². The van der Waals surface area contributed by atoms with Gasteiger partial charge in [0, 0.05) is 30.8 Å². The lowest BCUT2D eigenvalue weighted by Gasteiger charge is -2.40. The van der Waals surface area contributed by atoms with Crippen LogP contribution in [-0.4, -0.2) is 64.9 Å². The zero-order valence-corrected chi connectivity index (χ0v) is 18.5. The van der Waals surface area contributed by atoms with Gasteiger partial charge in [0.25, 0.3) is 5.91 Å². The molecule has 8 heteroatoms. The molecule has 0 bridgehead atoms. The normalized spacial score (nSPS) is 22.8. The molecule has 7 nitrogen and oxygen atoms in total. The molecule has 2 aromatic rings. The number of carbonyl (C=O) groups is 2. The Balaban J connectivity index is 1.45. The number of urea groups is 1. The van der Waals surface area contributed by atoms with Gasteiger partial charge in [0.2, 0.25) is 5.96 Å². The molecule has 0 saturated carbocycles. The van der Waals surface area contributed by atoms with E-state index in [4.69, 9.17) is 16.6 Å². The van der Waals surface area contributed by atoms with Crippen LogP contribution in [0.3, 0.4) is 0 Å². The molecule has 3 amide bonds. The first-order valence-corrected chi connectivity index (χ1v) is 10.8. The molecule has 3 heterocycles. The van der Waals surface area contributed by atoms with Crippen LogP contribution in [0, 0.1) is 13.8 Å². The predicted octanol–water partition coefficient (Wildman–Crippen LogP) is 3.24. The molecule has 2 unspecified atom stereocenters. The van der Waals surface area contributed by atoms with Gasteiger partial charge < -0.3 is 14.7 Å². The first-order chi connectivity index (χ1) is 14.9. The van der Waals surface area contributed by atoms with E-state index in [9.17, 15) is 9.59 Å². The Morgan fingerprint density at radius 2 is 1.84 bits per heavy atom. The fourth-order valence-corrected chi connectivity index (χ4v) is 4.71. The van der Waals surface area contributed by atoms with Gasteiger partial charge in [0.1, 0.15) is 0 Å². The number of fused-ring (bicyclic) bond motifs is 3. The Bertz CT molecular complexity index is 1120. The highest BCUT2D eigenvalue weighted by atomic mass is 35.5. The topological polar surface area (TPSA) is 59.5 Å². The van der Waals surface area contributed by atoms with E-state index in [0.717, 1.165) is 23.8 Å². The highest BCUT2D eigenvalue weighted by Crippen LogP contribution is 2.34. The second kappa shape index (κ2) is 7.27. The van der Waals surface area contributed by atoms with Crippen LogP contribution in [0.1, 0.15) is 16.7 Å². The number of nitrogens with zero attached hydrogens (tertiary/aromatic N) is 5. The minimum atomic E-state index is -0.521. The highest BCUT2D eigenvalue weighted by Gasteiger charge is 2.54. The van der Waals surface area contributed by atoms with Gasteiger partial charge in [-0.15, -0.1) is 0 Å². The summed E-state index contributed by atoms with van der Waals surface area (Å²) in [7, 11) is 1.71. The van der Waals surface area contributed by atoms with E-state index in [2.05, 4.69) is 36.9 Å². The van der Waals surface area contributed by atoms with Crippen molar-refractivity contribution in [2.45, 2.75) is 32.6 Å². The van der Waals surface area contributed by atoms with Crippen LogP contribution in [0.25, 0.3) is 0 Å². The number of aliphatic imine (C=N–C) groups is 1. The van der Waals surface area contributed by atoms with Gasteiger partial charge in [0.05, 0.1) is 6.54 Å². The lowest BCUT2D eigenvalue weighted by atomic mass is 10.1. The summed E-state index contributed by atoms with van der Waals surface area (Å²) < 4.78 is 0. The maximum Gasteiger partial charge on any atom is 0.328 e. The molecule has 0 radical (unpaired) electrons. The minimum absolute atomic E-state index is 0.148. The average molecular weight is 438 g/mol. The third-order valence-corrected chi connectivity index (χ3v) is 6.83. The van der Waals surface area contributed by atoms with E-state index in [1.54, 1.807) is 18.0 Å². The number of hydrogen-bond donors (Lipinski definition) is 0. The number of carbonyl (C=O) groups excluding carboxylic acids is 2.